The molecule has 6 N–H and O–H groups in total. The minimum Gasteiger partial charge on any atom is -0.444 e. The zero-order valence-electron chi connectivity index (χ0n) is 52.2. The van der Waals surface area contributed by atoms with Crippen molar-refractivity contribution >= 4 is 115 Å². The number of aryl methyl sites for hydroxylation is 2. The average Bonchev–Trinajstić information content (AvgIpc) is 0.857. The van der Waals surface area contributed by atoms with Crippen LogP contribution in [0.15, 0.2) is 131 Å². The summed E-state index contributed by atoms with van der Waals surface area (Å²) in [5, 5.41) is 21.3. The number of nitrogens with two attached hydrogens (primary N) is 1. The molecule has 0 bridgehead atoms. The van der Waals surface area contributed by atoms with Gasteiger partial charge in [-0.05, 0) is 145 Å². The summed E-state index contributed by atoms with van der Waals surface area (Å²) in [4.78, 5) is 115. The van der Waals surface area contributed by atoms with Gasteiger partial charge in [-0.15, -0.1) is 0 Å². The molecule has 2 unspecified atom stereocenters. The van der Waals surface area contributed by atoms with Crippen LogP contribution in [-0.4, -0.2) is 105 Å². The van der Waals surface area contributed by atoms with E-state index < -0.39 is 53.2 Å². The molecule has 4 aromatic heterocycles. The third-order valence-electron chi connectivity index (χ3n) is 17.1. The van der Waals surface area contributed by atoms with Crippen LogP contribution in [0.25, 0.3) is 21.8 Å². The van der Waals surface area contributed by atoms with Crippen LogP contribution in [0.1, 0.15) is 93.7 Å². The Bertz CT molecular complexity index is 4090. The third-order valence-corrected chi connectivity index (χ3v) is 18.5. The molecular formula is C69H77N11O9S2. The van der Waals surface area contributed by atoms with Crippen LogP contribution in [0.4, 0.5) is 27.5 Å². The summed E-state index contributed by atoms with van der Waals surface area (Å²) in [5.74, 6) is -1.92. The molecule has 474 valence electrons. The van der Waals surface area contributed by atoms with E-state index in [0.29, 0.717) is 56.7 Å². The number of carbonyl (C=O) groups is 8. The van der Waals surface area contributed by atoms with Gasteiger partial charge in [0.05, 0.1) is 41.9 Å². The van der Waals surface area contributed by atoms with Crippen LogP contribution in [0.2, 0.25) is 0 Å². The molecule has 20 nitrogen and oxygen atoms in total. The number of carbonyl (C=O) groups excluding carboxylic acids is 8. The van der Waals surface area contributed by atoms with Gasteiger partial charge in [0.15, 0.2) is 0 Å². The molecule has 8 aromatic rings. The fourth-order valence-electron chi connectivity index (χ4n) is 12.7. The van der Waals surface area contributed by atoms with Crippen LogP contribution in [0.5, 0.6) is 0 Å². The van der Waals surface area contributed by atoms with Crippen LogP contribution in [-0.2, 0) is 91.2 Å². The second-order valence-electron chi connectivity index (χ2n) is 25.4. The average molecular weight is 1270 g/mol. The minimum atomic E-state index is -1.44. The Balaban J connectivity index is 0.000000194. The van der Waals surface area contributed by atoms with Gasteiger partial charge in [0, 0.05) is 93.5 Å². The van der Waals surface area contributed by atoms with E-state index in [1.807, 2.05) is 154 Å². The highest BCUT2D eigenvalue weighted by Gasteiger charge is 2.42. The molecule has 4 aliphatic rings. The van der Waals surface area contributed by atoms with Gasteiger partial charge in [-0.3, -0.25) is 33.6 Å². The number of hydrogen-bond acceptors (Lipinski definition) is 12. The molecule has 0 spiro atoms. The number of hydrogen-bond donors (Lipinski definition) is 5. The SMILES string of the molecule is Cn1cc(C[C@@H](N)C(=O)NC2Cc3cccc(N4CCCC4=O)c3N(Cc3ccsc3)C2=O)c2ccccc21.Cn1cc(C[C@@H](NC(=O)C(C)(C)NC(=O)OC(C)(C)C)C(=O)NC2Cc3cccc(N4CCCC4=O)c3N(Cc3ccsc3)C2=O)c2ccccc21. The number of benzene rings is 4. The second kappa shape index (κ2) is 26.4. The highest BCUT2D eigenvalue weighted by molar-refractivity contribution is 7.08. The van der Waals surface area contributed by atoms with Crippen molar-refractivity contribution in [3.05, 3.63) is 164 Å². The highest BCUT2D eigenvalue weighted by Crippen LogP contribution is 2.42. The van der Waals surface area contributed by atoms with Crippen molar-refractivity contribution < 1.29 is 43.1 Å². The first-order chi connectivity index (χ1) is 43.5. The van der Waals surface area contributed by atoms with E-state index in [1.165, 1.54) is 25.2 Å². The number of anilines is 4. The van der Waals surface area contributed by atoms with Gasteiger partial charge in [-0.25, -0.2) is 4.79 Å². The summed E-state index contributed by atoms with van der Waals surface area (Å²) in [6, 6.07) is 27.6. The van der Waals surface area contributed by atoms with E-state index in [1.54, 1.807) is 51.7 Å². The predicted molar refractivity (Wildman–Crippen MR) is 355 cm³/mol. The first-order valence-electron chi connectivity index (χ1n) is 30.8. The van der Waals surface area contributed by atoms with Gasteiger partial charge in [-0.1, -0.05) is 60.7 Å². The highest BCUT2D eigenvalue weighted by atomic mass is 32.1. The van der Waals surface area contributed by atoms with Crippen molar-refractivity contribution in [3.63, 3.8) is 0 Å². The predicted octanol–water partition coefficient (Wildman–Crippen LogP) is 8.48. The molecule has 8 amide bonds. The number of para-hydroxylation sites is 4. The Kier molecular flexibility index (Phi) is 18.4. The minimum absolute atomic E-state index is 0.0165. The first kappa shape index (κ1) is 63.4. The van der Waals surface area contributed by atoms with E-state index in [2.05, 4.69) is 21.3 Å². The molecule has 12 rings (SSSR count). The quantitative estimate of drug-likeness (QED) is 0.0582. The number of ether oxygens (including phenoxy) is 1. The maximum atomic E-state index is 14.4. The van der Waals surface area contributed by atoms with Gasteiger partial charge in [0.1, 0.15) is 29.3 Å². The fourth-order valence-corrected chi connectivity index (χ4v) is 14.0. The normalized spacial score (nSPS) is 17.4. The van der Waals surface area contributed by atoms with Crippen LogP contribution in [0, 0.1) is 0 Å². The summed E-state index contributed by atoms with van der Waals surface area (Å²) in [7, 11) is 3.89. The molecule has 0 aliphatic carbocycles. The fraction of sp³-hybridized carbons (Fsp3) is 0.362. The van der Waals surface area contributed by atoms with Gasteiger partial charge in [-0.2, -0.15) is 22.7 Å². The van der Waals surface area contributed by atoms with E-state index in [4.69, 9.17) is 10.5 Å². The zero-order chi connectivity index (χ0) is 64.5. The molecular weight excluding hydrogens is 1190 g/mol. The molecule has 2 fully saturated rings. The molecule has 4 atom stereocenters. The van der Waals surface area contributed by atoms with E-state index in [9.17, 15) is 38.4 Å². The molecule has 91 heavy (non-hydrogen) atoms. The maximum Gasteiger partial charge on any atom is 0.408 e. The number of thiophene rings is 2. The van der Waals surface area contributed by atoms with Crippen LogP contribution >= 0.6 is 22.7 Å². The molecule has 2 saturated heterocycles. The van der Waals surface area contributed by atoms with Gasteiger partial charge in [0.2, 0.25) is 41.4 Å². The van der Waals surface area contributed by atoms with Crippen molar-refractivity contribution in [3.8, 4) is 0 Å². The summed E-state index contributed by atoms with van der Waals surface area (Å²) < 4.78 is 9.37. The van der Waals surface area contributed by atoms with Crippen molar-refractivity contribution in [2.24, 2.45) is 19.8 Å². The first-order valence-corrected chi connectivity index (χ1v) is 32.6. The summed E-state index contributed by atoms with van der Waals surface area (Å²) >= 11 is 3.09. The monoisotopic (exact) mass is 1270 g/mol. The number of aromatic nitrogens is 2. The zero-order valence-corrected chi connectivity index (χ0v) is 53.9. The number of rotatable bonds is 17. The maximum absolute atomic E-state index is 14.4. The lowest BCUT2D eigenvalue weighted by molar-refractivity contribution is -0.133. The van der Waals surface area contributed by atoms with Crippen LogP contribution < -0.4 is 46.6 Å². The third kappa shape index (κ3) is 13.8. The Morgan fingerprint density at radius 1 is 0.615 bits per heavy atom. The lowest BCUT2D eigenvalue weighted by Gasteiger charge is -2.37. The Hall–Kier alpha value is -9.12. The Morgan fingerprint density at radius 2 is 1.09 bits per heavy atom. The number of alkyl carbamates (subject to hydrolysis) is 1. The number of nitrogens with one attached hydrogen (secondary N) is 4. The van der Waals surface area contributed by atoms with E-state index in [0.717, 1.165) is 79.4 Å². The van der Waals surface area contributed by atoms with Crippen LogP contribution in [0.3, 0.4) is 0 Å². The Morgan fingerprint density at radius 3 is 1.54 bits per heavy atom. The lowest BCUT2D eigenvalue weighted by Crippen LogP contribution is -2.61. The van der Waals surface area contributed by atoms with Crippen molar-refractivity contribution in [1.29, 1.82) is 0 Å². The summed E-state index contributed by atoms with van der Waals surface area (Å²) in [6.07, 6.45) is 6.70. The van der Waals surface area contributed by atoms with Crippen molar-refractivity contribution in [1.82, 2.24) is 30.4 Å². The van der Waals surface area contributed by atoms with Gasteiger partial charge >= 0.3 is 6.09 Å². The molecule has 0 saturated carbocycles. The number of fused-ring (bicyclic) bond motifs is 4. The number of nitrogens with zero attached hydrogens (tertiary/aromatic N) is 6. The summed E-state index contributed by atoms with van der Waals surface area (Å²) in [5.41, 5.74) is 14.6. The molecule has 4 aromatic carbocycles. The molecule has 4 aliphatic heterocycles. The van der Waals surface area contributed by atoms with E-state index in [-0.39, 0.29) is 48.9 Å². The smallest absolute Gasteiger partial charge is 0.408 e. The van der Waals surface area contributed by atoms with Gasteiger partial charge < -0.3 is 60.5 Å². The van der Waals surface area contributed by atoms with Crippen molar-refractivity contribution in [2.45, 2.75) is 134 Å². The van der Waals surface area contributed by atoms with E-state index >= 15 is 0 Å². The second-order valence-corrected chi connectivity index (χ2v) is 26.9. The molecule has 22 heteroatoms. The standard InChI is InChI=1S/C39H46N6O6S.C30H31N5O3S/c1-38(2,3)51-37(50)42-39(4,5)36(49)41-28(20-26-22-43(6)30-13-8-7-12-27(26)30)34(47)40-29-19-25-11-9-14-31(44-17-10-15-32(44)46)33(25)45(35(29)48)21-24-16-18-52-23-24;1-33-17-21(22-7-2-3-8-25(22)33)14-23(31)29(37)32-24-15-20-6-4-9-26(34-12-5-10-27(34)36)28(20)35(30(24)38)16-19-11-13-39-18-19/h7-9,11-14,16,18,22-23,28-29H,10,15,17,19-21H2,1-6H3,(H,40,47)(H,41,49)(H,42,50);2-4,6-9,11,13,17-18,23-24H,5,10,12,14-16,31H2,1H3,(H,32,37)/t28-,29?;23-,24?/m11/s1. The summed E-state index contributed by atoms with van der Waals surface area (Å²) in [6.45, 7) is 10.1. The molecule has 0 radical (unpaired) electrons. The topological polar surface area (TPSA) is 243 Å². The number of amides is 8. The largest absolute Gasteiger partial charge is 0.444 e. The molecule has 8 heterocycles. The lowest BCUT2D eigenvalue weighted by atomic mass is 9.94. The Labute approximate surface area is 536 Å². The van der Waals surface area contributed by atoms with Crippen molar-refractivity contribution in [2.75, 3.05) is 32.7 Å². The van der Waals surface area contributed by atoms with Gasteiger partial charge in [0.25, 0.3) is 0 Å².